The first kappa shape index (κ1) is 27.2. The maximum absolute atomic E-state index is 14.0. The van der Waals surface area contributed by atoms with Gasteiger partial charge in [-0.2, -0.15) is 0 Å². The lowest BCUT2D eigenvalue weighted by Crippen LogP contribution is -2.46. The van der Waals surface area contributed by atoms with E-state index in [4.69, 9.17) is 39.8 Å². The third-order valence-electron chi connectivity index (χ3n) is 6.73. The second-order valence-electron chi connectivity index (χ2n) is 9.94. The Morgan fingerprint density at radius 1 is 1.08 bits per heavy atom. The predicted molar refractivity (Wildman–Crippen MR) is 155 cm³/mol. The van der Waals surface area contributed by atoms with Crippen LogP contribution in [0.4, 0.5) is 5.95 Å². The van der Waals surface area contributed by atoms with E-state index in [1.54, 1.807) is 41.4 Å². The number of aryl methyl sites for hydroxylation is 1. The molecule has 2 aromatic carbocycles. The number of carbonyl (C=O) groups is 1. The van der Waals surface area contributed by atoms with E-state index < -0.39 is 0 Å². The highest BCUT2D eigenvalue weighted by atomic mass is 35.5. The SMILES string of the molecule is CC(C)Nc1nc2c(c(=O)n1-c1ccc(-c3nccn3C)cc1Cl)C[C@@H](C)N(C(=O)c1ccc(Cl)c(Cl)c1)C2. The van der Waals surface area contributed by atoms with E-state index in [0.717, 1.165) is 11.4 Å². The molecular formula is C28H27Cl3N6O2. The van der Waals surface area contributed by atoms with Crippen LogP contribution in [-0.4, -0.2) is 42.0 Å². The number of hydrogen-bond donors (Lipinski definition) is 1. The van der Waals surface area contributed by atoms with E-state index in [1.807, 2.05) is 44.6 Å². The van der Waals surface area contributed by atoms with Crippen LogP contribution in [0.3, 0.4) is 0 Å². The highest BCUT2D eigenvalue weighted by molar-refractivity contribution is 6.42. The number of amides is 1. The van der Waals surface area contributed by atoms with Crippen LogP contribution in [0.5, 0.6) is 0 Å². The minimum Gasteiger partial charge on any atom is -0.353 e. The third-order valence-corrected chi connectivity index (χ3v) is 7.77. The molecule has 1 amide bonds. The molecule has 202 valence electrons. The second kappa shape index (κ2) is 10.7. The number of halogens is 3. The second-order valence-corrected chi connectivity index (χ2v) is 11.2. The number of hydrogen-bond acceptors (Lipinski definition) is 5. The number of imidazole rings is 1. The zero-order chi connectivity index (χ0) is 28.0. The number of fused-ring (bicyclic) bond motifs is 1. The van der Waals surface area contributed by atoms with E-state index >= 15 is 0 Å². The molecule has 5 rings (SSSR count). The molecule has 3 heterocycles. The average Bonchev–Trinajstić information content (AvgIpc) is 3.31. The van der Waals surface area contributed by atoms with Gasteiger partial charge in [0.1, 0.15) is 5.82 Å². The minimum absolute atomic E-state index is 0.0109. The van der Waals surface area contributed by atoms with Crippen LogP contribution in [0, 0.1) is 0 Å². The van der Waals surface area contributed by atoms with Gasteiger partial charge in [0.05, 0.1) is 33.0 Å². The Hall–Kier alpha value is -3.33. The molecule has 39 heavy (non-hydrogen) atoms. The van der Waals surface area contributed by atoms with Crippen molar-refractivity contribution in [1.82, 2.24) is 24.0 Å². The summed E-state index contributed by atoms with van der Waals surface area (Å²) in [7, 11) is 1.91. The van der Waals surface area contributed by atoms with Crippen LogP contribution in [0.15, 0.2) is 53.6 Å². The number of rotatable bonds is 5. The number of nitrogens with one attached hydrogen (secondary N) is 1. The normalized spacial score (nSPS) is 15.0. The van der Waals surface area contributed by atoms with Crippen molar-refractivity contribution in [3.8, 4) is 17.1 Å². The first-order valence-electron chi connectivity index (χ1n) is 12.5. The summed E-state index contributed by atoms with van der Waals surface area (Å²) in [5.74, 6) is 0.918. The monoisotopic (exact) mass is 584 g/mol. The Morgan fingerprint density at radius 3 is 2.49 bits per heavy atom. The van der Waals surface area contributed by atoms with Crippen molar-refractivity contribution >= 4 is 46.7 Å². The first-order chi connectivity index (χ1) is 18.5. The van der Waals surface area contributed by atoms with Crippen LogP contribution >= 0.6 is 34.8 Å². The molecule has 11 heteroatoms. The maximum Gasteiger partial charge on any atom is 0.263 e. The molecule has 1 atom stereocenters. The topological polar surface area (TPSA) is 85.1 Å². The quantitative estimate of drug-likeness (QED) is 0.311. The largest absolute Gasteiger partial charge is 0.353 e. The molecule has 1 aliphatic heterocycles. The van der Waals surface area contributed by atoms with Gasteiger partial charge in [-0.15, -0.1) is 0 Å². The number of anilines is 1. The molecule has 2 aromatic heterocycles. The molecule has 0 fully saturated rings. The molecule has 0 unspecified atom stereocenters. The van der Waals surface area contributed by atoms with E-state index in [0.29, 0.717) is 49.9 Å². The van der Waals surface area contributed by atoms with Gasteiger partial charge in [-0.1, -0.05) is 34.8 Å². The minimum atomic E-state index is -0.243. The van der Waals surface area contributed by atoms with Gasteiger partial charge in [-0.3, -0.25) is 9.59 Å². The van der Waals surface area contributed by atoms with Gasteiger partial charge in [-0.25, -0.2) is 14.5 Å². The van der Waals surface area contributed by atoms with Crippen molar-refractivity contribution in [2.75, 3.05) is 5.32 Å². The van der Waals surface area contributed by atoms with Crippen LogP contribution in [-0.2, 0) is 20.0 Å². The molecule has 0 radical (unpaired) electrons. The fourth-order valence-corrected chi connectivity index (χ4v) is 5.34. The van der Waals surface area contributed by atoms with E-state index in [2.05, 4.69) is 10.3 Å². The van der Waals surface area contributed by atoms with E-state index in [-0.39, 0.29) is 30.1 Å². The summed E-state index contributed by atoms with van der Waals surface area (Å²) in [4.78, 5) is 38.3. The molecule has 0 spiro atoms. The molecular weight excluding hydrogens is 559 g/mol. The Labute approximate surface area is 241 Å². The number of nitrogens with zero attached hydrogens (tertiary/aromatic N) is 5. The number of carbonyl (C=O) groups excluding carboxylic acids is 1. The van der Waals surface area contributed by atoms with Gasteiger partial charge in [0.2, 0.25) is 5.95 Å². The maximum atomic E-state index is 14.0. The van der Waals surface area contributed by atoms with Crippen molar-refractivity contribution in [2.45, 2.75) is 45.8 Å². The summed E-state index contributed by atoms with van der Waals surface area (Å²) in [6.07, 6.45) is 3.92. The molecule has 1 N–H and O–H groups in total. The molecule has 1 aliphatic rings. The van der Waals surface area contributed by atoms with Gasteiger partial charge >= 0.3 is 0 Å². The van der Waals surface area contributed by atoms with Crippen LogP contribution in [0.25, 0.3) is 17.1 Å². The molecule has 0 saturated heterocycles. The Morgan fingerprint density at radius 2 is 1.85 bits per heavy atom. The van der Waals surface area contributed by atoms with Crippen molar-refractivity contribution in [1.29, 1.82) is 0 Å². The zero-order valence-corrected chi connectivity index (χ0v) is 24.1. The smallest absolute Gasteiger partial charge is 0.263 e. The average molecular weight is 586 g/mol. The van der Waals surface area contributed by atoms with Gasteiger partial charge in [-0.05, 0) is 63.6 Å². The van der Waals surface area contributed by atoms with Crippen molar-refractivity contribution in [2.24, 2.45) is 7.05 Å². The zero-order valence-electron chi connectivity index (χ0n) is 21.9. The number of aromatic nitrogens is 4. The molecule has 0 saturated carbocycles. The van der Waals surface area contributed by atoms with Crippen molar-refractivity contribution in [3.05, 3.63) is 91.0 Å². The van der Waals surface area contributed by atoms with Gasteiger partial charge in [0, 0.05) is 48.2 Å². The molecule has 4 aromatic rings. The summed E-state index contributed by atoms with van der Waals surface area (Å²) >= 11 is 18.9. The van der Waals surface area contributed by atoms with Crippen molar-refractivity contribution < 1.29 is 4.79 Å². The summed E-state index contributed by atoms with van der Waals surface area (Å²) in [5, 5.41) is 4.36. The van der Waals surface area contributed by atoms with Crippen LogP contribution in [0.1, 0.15) is 42.4 Å². The summed E-state index contributed by atoms with van der Waals surface area (Å²) in [6.45, 7) is 6.02. The number of benzene rings is 2. The summed E-state index contributed by atoms with van der Waals surface area (Å²) in [5.41, 5.74) is 2.65. The van der Waals surface area contributed by atoms with Gasteiger partial charge in [0.15, 0.2) is 0 Å². The lowest BCUT2D eigenvalue weighted by Gasteiger charge is -2.35. The Kier molecular flexibility index (Phi) is 7.46. The van der Waals surface area contributed by atoms with Crippen molar-refractivity contribution in [3.63, 3.8) is 0 Å². The Balaban J connectivity index is 1.57. The fourth-order valence-electron chi connectivity index (χ4n) is 4.78. The fraction of sp³-hybridized carbons (Fsp3) is 0.286. The third kappa shape index (κ3) is 5.16. The summed E-state index contributed by atoms with van der Waals surface area (Å²) < 4.78 is 3.42. The molecule has 0 aliphatic carbocycles. The van der Waals surface area contributed by atoms with E-state index in [9.17, 15) is 9.59 Å². The standard InChI is InChI=1S/C28H27Cl3N6O2/c1-15(2)33-28-34-23-14-36(26(38)18-5-7-20(29)21(30)13-18)16(3)11-19(23)27(39)37(28)24-8-6-17(12-22(24)31)25-32-9-10-35(25)4/h5-10,12-13,15-16H,11,14H2,1-4H3,(H,33,34)/t16-/m1/s1. The Bertz CT molecular complexity index is 1640. The predicted octanol–water partition coefficient (Wildman–Crippen LogP) is 6.00. The van der Waals surface area contributed by atoms with Gasteiger partial charge in [0.25, 0.3) is 11.5 Å². The highest BCUT2D eigenvalue weighted by Gasteiger charge is 2.32. The van der Waals surface area contributed by atoms with Gasteiger partial charge < -0.3 is 14.8 Å². The van der Waals surface area contributed by atoms with E-state index in [1.165, 1.54) is 4.57 Å². The lowest BCUT2D eigenvalue weighted by molar-refractivity contribution is 0.0653. The summed E-state index contributed by atoms with van der Waals surface area (Å²) in [6, 6.07) is 10.0. The molecule has 0 bridgehead atoms. The first-order valence-corrected chi connectivity index (χ1v) is 13.6. The van der Waals surface area contributed by atoms with Crippen LogP contribution < -0.4 is 10.9 Å². The highest BCUT2D eigenvalue weighted by Crippen LogP contribution is 2.30. The van der Waals surface area contributed by atoms with Crippen LogP contribution in [0.2, 0.25) is 15.1 Å². The lowest BCUT2D eigenvalue weighted by atomic mass is 9.98. The molecule has 8 nitrogen and oxygen atoms in total.